The summed E-state index contributed by atoms with van der Waals surface area (Å²) in [7, 11) is 0. The molecular formula is C48H60N10O6S. The minimum atomic E-state index is -0.822. The lowest BCUT2D eigenvalue weighted by molar-refractivity contribution is -0.141. The van der Waals surface area contributed by atoms with Gasteiger partial charge in [0.05, 0.1) is 45.7 Å². The molecule has 7 atom stereocenters. The number of carbonyl (C=O) groups excluding carboxylic acids is 2. The number of piperidine rings is 1. The molecule has 65 heavy (non-hydrogen) atoms. The first-order valence-electron chi connectivity index (χ1n) is 22.9. The summed E-state index contributed by atoms with van der Waals surface area (Å²) in [6.45, 7) is 15.9. The molecule has 9 rings (SSSR count). The zero-order valence-electron chi connectivity index (χ0n) is 37.8. The quantitative estimate of drug-likeness (QED) is 0.113. The fourth-order valence-electron chi connectivity index (χ4n) is 10.2. The van der Waals surface area contributed by atoms with Gasteiger partial charge in [0.15, 0.2) is 11.6 Å². The first-order valence-corrected chi connectivity index (χ1v) is 23.8. The number of phenolic OH excluding ortho intramolecular Hbond substituents is 1. The van der Waals surface area contributed by atoms with Crippen molar-refractivity contribution >= 4 is 34.7 Å². The number of aliphatic hydroxyl groups is 1. The molecule has 17 heteroatoms. The number of thiazole rings is 1. The molecule has 4 N–H and O–H groups in total. The zero-order valence-corrected chi connectivity index (χ0v) is 38.6. The van der Waals surface area contributed by atoms with Gasteiger partial charge in [0, 0.05) is 75.9 Å². The van der Waals surface area contributed by atoms with Gasteiger partial charge in [-0.2, -0.15) is 0 Å². The predicted molar refractivity (Wildman–Crippen MR) is 249 cm³/mol. The van der Waals surface area contributed by atoms with Crippen molar-refractivity contribution in [3.05, 3.63) is 83.2 Å². The summed E-state index contributed by atoms with van der Waals surface area (Å²) in [5.41, 5.74) is 7.21. The number of likely N-dealkylation sites (tertiary alicyclic amines) is 2. The number of aryl methyl sites for hydroxylation is 1. The van der Waals surface area contributed by atoms with Crippen LogP contribution in [0, 0.1) is 12.8 Å². The van der Waals surface area contributed by atoms with Gasteiger partial charge in [-0.15, -0.1) is 21.5 Å². The molecular weight excluding hydrogens is 845 g/mol. The molecule has 0 saturated carbocycles. The monoisotopic (exact) mass is 904 g/mol. The number of hydrogen-bond acceptors (Lipinski definition) is 15. The molecule has 2 aromatic carbocycles. The van der Waals surface area contributed by atoms with Crippen LogP contribution in [0.15, 0.2) is 70.7 Å². The van der Waals surface area contributed by atoms with E-state index in [9.17, 15) is 19.8 Å². The SMILES string of the molecule is Cc1ncsc1-c1ccc([C@H](C)NC(=O)[C@@H]2C[C@@H](O)CN2C(=O)[C@@H](c2cc(OCCN3CC[C@H](N4CCN5c6cc(-c7ccccc7O)nnc6NC[C@H]5C4)C[C@H]3C)no2)C(C)C)cc1. The predicted octanol–water partition coefficient (Wildman–Crippen LogP) is 5.70. The van der Waals surface area contributed by atoms with Crippen LogP contribution in [-0.4, -0.2) is 140 Å². The van der Waals surface area contributed by atoms with Crippen LogP contribution in [0.2, 0.25) is 0 Å². The summed E-state index contributed by atoms with van der Waals surface area (Å²) in [4.78, 5) is 42.5. The molecule has 3 saturated heterocycles. The van der Waals surface area contributed by atoms with Crippen LogP contribution >= 0.6 is 11.3 Å². The van der Waals surface area contributed by atoms with E-state index in [1.54, 1.807) is 29.5 Å². The maximum atomic E-state index is 14.3. The van der Waals surface area contributed by atoms with E-state index in [1.807, 2.05) is 75.7 Å². The number of aromatic nitrogens is 4. The highest BCUT2D eigenvalue weighted by Gasteiger charge is 2.44. The number of hydrogen-bond donors (Lipinski definition) is 4. The summed E-state index contributed by atoms with van der Waals surface area (Å²) in [6.07, 6.45) is 1.47. The van der Waals surface area contributed by atoms with E-state index in [1.165, 1.54) is 4.90 Å². The number of nitrogens with zero attached hydrogens (tertiary/aromatic N) is 8. The number of aliphatic hydroxyl groups excluding tert-OH is 1. The summed E-state index contributed by atoms with van der Waals surface area (Å²) in [5.74, 6) is 0.206. The van der Waals surface area contributed by atoms with Crippen LogP contribution in [0.5, 0.6) is 11.6 Å². The fraction of sp³-hybridized carbons (Fsp3) is 0.500. The minimum absolute atomic E-state index is 0.0602. The van der Waals surface area contributed by atoms with Gasteiger partial charge >= 0.3 is 0 Å². The van der Waals surface area contributed by atoms with Gasteiger partial charge in [0.2, 0.25) is 11.8 Å². The molecule has 4 aliphatic rings. The van der Waals surface area contributed by atoms with E-state index in [4.69, 9.17) is 9.26 Å². The Bertz CT molecular complexity index is 2460. The molecule has 0 radical (unpaired) electrons. The first kappa shape index (κ1) is 44.6. The maximum absolute atomic E-state index is 14.3. The molecule has 16 nitrogen and oxygen atoms in total. The molecule has 0 spiro atoms. The molecule has 0 bridgehead atoms. The Morgan fingerprint density at radius 2 is 1.83 bits per heavy atom. The molecule has 4 aliphatic heterocycles. The van der Waals surface area contributed by atoms with E-state index in [-0.39, 0.29) is 42.5 Å². The second-order valence-corrected chi connectivity index (χ2v) is 19.3. The molecule has 2 amide bonds. The van der Waals surface area contributed by atoms with Gasteiger partial charge in [-0.25, -0.2) is 4.98 Å². The van der Waals surface area contributed by atoms with Crippen molar-refractivity contribution in [2.75, 3.05) is 62.6 Å². The Hall–Kier alpha value is -5.62. The smallest absolute Gasteiger partial charge is 0.254 e. The summed E-state index contributed by atoms with van der Waals surface area (Å²) in [6, 6.07) is 19.1. The van der Waals surface area contributed by atoms with Crippen LogP contribution in [0.25, 0.3) is 21.7 Å². The second kappa shape index (κ2) is 19.1. The number of benzene rings is 2. The van der Waals surface area contributed by atoms with Crippen LogP contribution < -0.4 is 20.3 Å². The molecule has 5 aromatic rings. The van der Waals surface area contributed by atoms with Crippen molar-refractivity contribution in [2.45, 2.75) is 96.1 Å². The lowest BCUT2D eigenvalue weighted by atomic mass is 9.91. The van der Waals surface area contributed by atoms with Gasteiger partial charge in [0.25, 0.3) is 5.88 Å². The maximum Gasteiger partial charge on any atom is 0.254 e. The number of carbonyl (C=O) groups is 2. The zero-order chi connectivity index (χ0) is 45.4. The van der Waals surface area contributed by atoms with Gasteiger partial charge < -0.3 is 39.9 Å². The van der Waals surface area contributed by atoms with Crippen LogP contribution in [-0.2, 0) is 9.59 Å². The van der Waals surface area contributed by atoms with Crippen molar-refractivity contribution in [3.63, 3.8) is 0 Å². The number of nitrogens with one attached hydrogen (secondary N) is 2. The Morgan fingerprint density at radius 3 is 2.58 bits per heavy atom. The largest absolute Gasteiger partial charge is 0.507 e. The lowest BCUT2D eigenvalue weighted by Crippen LogP contribution is -2.61. The van der Waals surface area contributed by atoms with Gasteiger partial charge in [0.1, 0.15) is 24.3 Å². The highest BCUT2D eigenvalue weighted by Crippen LogP contribution is 2.38. The van der Waals surface area contributed by atoms with Crippen LogP contribution in [0.3, 0.4) is 0 Å². The van der Waals surface area contributed by atoms with Crippen molar-refractivity contribution in [3.8, 4) is 33.3 Å². The average molecular weight is 905 g/mol. The van der Waals surface area contributed by atoms with Crippen LogP contribution in [0.4, 0.5) is 11.5 Å². The molecule has 0 unspecified atom stereocenters. The van der Waals surface area contributed by atoms with Gasteiger partial charge in [-0.3, -0.25) is 19.4 Å². The number of amides is 2. The van der Waals surface area contributed by atoms with E-state index in [0.717, 1.165) is 85.3 Å². The van der Waals surface area contributed by atoms with Gasteiger partial charge in [-0.05, 0) is 74.0 Å². The third-order valence-corrected chi connectivity index (χ3v) is 14.8. The molecule has 7 heterocycles. The number of rotatable bonds is 13. The summed E-state index contributed by atoms with van der Waals surface area (Å²) < 4.78 is 11.9. The van der Waals surface area contributed by atoms with Crippen LogP contribution in [0.1, 0.15) is 75.9 Å². The number of piperazine rings is 1. The third-order valence-electron chi connectivity index (χ3n) is 13.8. The van der Waals surface area contributed by atoms with Crippen molar-refractivity contribution in [1.29, 1.82) is 0 Å². The van der Waals surface area contributed by atoms with E-state index >= 15 is 0 Å². The first-order chi connectivity index (χ1) is 31.4. The third kappa shape index (κ3) is 9.42. The van der Waals surface area contributed by atoms with E-state index in [0.29, 0.717) is 47.6 Å². The number of aromatic hydroxyl groups is 1. The second-order valence-electron chi connectivity index (χ2n) is 18.4. The molecule has 3 fully saturated rings. The Kier molecular flexibility index (Phi) is 13.1. The molecule has 3 aromatic heterocycles. The number of ether oxygens (including phenoxy) is 1. The minimum Gasteiger partial charge on any atom is -0.507 e. The Balaban J connectivity index is 0.754. The van der Waals surface area contributed by atoms with Crippen molar-refractivity contribution in [1.82, 2.24) is 40.4 Å². The summed E-state index contributed by atoms with van der Waals surface area (Å²) >= 11 is 1.59. The highest BCUT2D eigenvalue weighted by molar-refractivity contribution is 7.13. The normalized spacial score (nSPS) is 23.4. The van der Waals surface area contributed by atoms with E-state index in [2.05, 4.69) is 52.6 Å². The molecule has 0 aliphatic carbocycles. The topological polar surface area (TPSA) is 186 Å². The standard InChI is InChI=1S/C48H60N10O6S/c1-28(2)44(48(62)58-26-36(59)21-40(58)47(61)51-30(4)32-10-12-33(13-11-32)45-31(5)50-27-65-45)42-23-43(54-64-42)63-19-18-55-15-14-34(20-29(55)3)56-16-17-57-35(25-56)24-49-46-39(57)22-38(52-53-46)37-8-6-7-9-41(37)60/h6-13,22-23,27-30,34-36,40,44,59-60H,14-21,24-26H2,1-5H3,(H,49,53)(H,51,61)/t29-,30+,34+,35+,36-,40+,44-/m1/s1. The Labute approximate surface area is 384 Å². The number of β-amino-alcohol motifs (C(OH)–C–C–N with tert-alkyl or cyclic N) is 1. The number of para-hydroxylation sites is 1. The lowest BCUT2D eigenvalue weighted by Gasteiger charge is -2.50. The number of anilines is 2. The van der Waals surface area contributed by atoms with Crippen molar-refractivity contribution in [2.24, 2.45) is 5.92 Å². The molecule has 344 valence electrons. The highest BCUT2D eigenvalue weighted by atomic mass is 32.1. The number of fused-ring (bicyclic) bond motifs is 3. The van der Waals surface area contributed by atoms with Gasteiger partial charge in [-0.1, -0.05) is 50.2 Å². The van der Waals surface area contributed by atoms with E-state index < -0.39 is 18.1 Å². The fourth-order valence-corrected chi connectivity index (χ4v) is 11.0. The Morgan fingerprint density at radius 1 is 1.02 bits per heavy atom. The van der Waals surface area contributed by atoms with Crippen molar-refractivity contribution < 1.29 is 29.1 Å². The average Bonchev–Trinajstić information content (AvgIpc) is 4.06. The summed E-state index contributed by atoms with van der Waals surface area (Å²) in [5, 5.41) is 40.8. The number of phenols is 1.